The zero-order valence-corrected chi connectivity index (χ0v) is 12.4. The number of aryl methyl sites for hydroxylation is 1. The summed E-state index contributed by atoms with van der Waals surface area (Å²) >= 11 is 1.09. The molecule has 0 saturated carbocycles. The zero-order valence-electron chi connectivity index (χ0n) is 11.6. The molecule has 21 heavy (non-hydrogen) atoms. The minimum absolute atomic E-state index is 0.0583. The number of rotatable bonds is 3. The Labute approximate surface area is 123 Å². The molecule has 2 N–H and O–H groups in total. The molecule has 2 rings (SSSR count). The Balaban J connectivity index is 2.19. The van der Waals surface area contributed by atoms with E-state index >= 15 is 0 Å². The van der Waals surface area contributed by atoms with Crippen LogP contribution in [0.2, 0.25) is 0 Å². The fourth-order valence-electron chi connectivity index (χ4n) is 1.48. The van der Waals surface area contributed by atoms with Gasteiger partial charge in [-0.3, -0.25) is 19.7 Å². The largest absolute Gasteiger partial charge is 0.344 e. The topological polar surface area (TPSA) is 108 Å². The Morgan fingerprint density at radius 3 is 2.62 bits per heavy atom. The third-order valence-corrected chi connectivity index (χ3v) is 3.59. The van der Waals surface area contributed by atoms with E-state index < -0.39 is 11.5 Å². The van der Waals surface area contributed by atoms with Gasteiger partial charge in [0.2, 0.25) is 0 Å². The van der Waals surface area contributed by atoms with Gasteiger partial charge in [0.25, 0.3) is 17.4 Å². The number of hydrogen-bond acceptors (Lipinski definition) is 6. The molecule has 0 unspecified atom stereocenters. The Hall–Kier alpha value is -2.55. The van der Waals surface area contributed by atoms with Gasteiger partial charge in [-0.25, -0.2) is 10.1 Å². The molecule has 0 atom stereocenters. The Morgan fingerprint density at radius 2 is 2.05 bits per heavy atom. The van der Waals surface area contributed by atoms with E-state index in [-0.39, 0.29) is 11.6 Å². The van der Waals surface area contributed by atoms with E-state index in [0.29, 0.717) is 15.7 Å². The number of carbonyl (C=O) groups excluding carboxylic acids is 2. The molecule has 0 saturated heterocycles. The van der Waals surface area contributed by atoms with Crippen molar-refractivity contribution in [3.8, 4) is 0 Å². The van der Waals surface area contributed by atoms with Gasteiger partial charge in [0, 0.05) is 20.2 Å². The molecule has 2 aromatic rings. The molecule has 0 spiro atoms. The summed E-state index contributed by atoms with van der Waals surface area (Å²) in [6.07, 6.45) is 0. The number of nitrogens with one attached hydrogen (secondary N) is 2. The lowest BCUT2D eigenvalue weighted by Crippen LogP contribution is -2.21. The molecular formula is C12H13N5O3S. The third-order valence-electron chi connectivity index (χ3n) is 2.53. The van der Waals surface area contributed by atoms with E-state index in [4.69, 9.17) is 0 Å². The van der Waals surface area contributed by atoms with Crippen molar-refractivity contribution in [3.05, 3.63) is 38.8 Å². The molecule has 0 radical (unpaired) electrons. The predicted octanol–water partition coefficient (Wildman–Crippen LogP) is 0.489. The van der Waals surface area contributed by atoms with Gasteiger partial charge in [-0.1, -0.05) is 11.3 Å². The van der Waals surface area contributed by atoms with Crippen LogP contribution in [0.4, 0.5) is 5.13 Å². The summed E-state index contributed by atoms with van der Waals surface area (Å²) in [6, 6.07) is 2.51. The number of anilines is 1. The molecule has 0 aliphatic heterocycles. The van der Waals surface area contributed by atoms with Crippen LogP contribution >= 0.6 is 11.3 Å². The van der Waals surface area contributed by atoms with Crippen molar-refractivity contribution in [2.75, 3.05) is 19.4 Å². The van der Waals surface area contributed by atoms with Gasteiger partial charge in [0.15, 0.2) is 5.13 Å². The number of nitrogens with zero attached hydrogens (tertiary/aromatic N) is 3. The Morgan fingerprint density at radius 1 is 1.33 bits per heavy atom. The van der Waals surface area contributed by atoms with E-state index in [0.717, 1.165) is 11.3 Å². The second-order valence-electron chi connectivity index (χ2n) is 4.39. The molecule has 0 fully saturated rings. The first-order chi connectivity index (χ1) is 9.88. The van der Waals surface area contributed by atoms with Crippen LogP contribution in [0, 0.1) is 6.92 Å². The first-order valence-corrected chi connectivity index (χ1v) is 6.76. The Kier molecular flexibility index (Phi) is 4.13. The van der Waals surface area contributed by atoms with Gasteiger partial charge in [-0.2, -0.15) is 5.10 Å². The van der Waals surface area contributed by atoms with Crippen molar-refractivity contribution in [1.29, 1.82) is 0 Å². The summed E-state index contributed by atoms with van der Waals surface area (Å²) in [5.74, 6) is -0.684. The van der Waals surface area contributed by atoms with Crippen molar-refractivity contribution < 1.29 is 9.59 Å². The quantitative estimate of drug-likeness (QED) is 0.858. The van der Waals surface area contributed by atoms with Crippen LogP contribution < -0.4 is 10.9 Å². The summed E-state index contributed by atoms with van der Waals surface area (Å²) in [7, 11) is 3.29. The minimum atomic E-state index is -0.510. The van der Waals surface area contributed by atoms with Crippen molar-refractivity contribution >= 4 is 28.3 Å². The van der Waals surface area contributed by atoms with Crippen LogP contribution in [0.15, 0.2) is 16.9 Å². The number of H-pyrrole nitrogens is 1. The van der Waals surface area contributed by atoms with E-state index in [1.807, 2.05) is 0 Å². The van der Waals surface area contributed by atoms with Crippen molar-refractivity contribution in [2.45, 2.75) is 6.92 Å². The average Bonchev–Trinajstić information content (AvgIpc) is 2.79. The van der Waals surface area contributed by atoms with Gasteiger partial charge < -0.3 is 4.90 Å². The number of carbonyl (C=O) groups is 2. The van der Waals surface area contributed by atoms with E-state index in [2.05, 4.69) is 20.5 Å². The fourth-order valence-corrected chi connectivity index (χ4v) is 2.47. The SMILES string of the molecule is Cc1nc(NC(=O)c2ccc(=O)[nH]n2)sc1C(=O)N(C)C. The lowest BCUT2D eigenvalue weighted by Gasteiger charge is -2.07. The van der Waals surface area contributed by atoms with E-state index in [1.54, 1.807) is 21.0 Å². The van der Waals surface area contributed by atoms with Crippen LogP contribution in [0.25, 0.3) is 0 Å². The Bertz CT molecular complexity index is 729. The second-order valence-corrected chi connectivity index (χ2v) is 5.39. The van der Waals surface area contributed by atoms with Crippen LogP contribution in [0.3, 0.4) is 0 Å². The average molecular weight is 307 g/mol. The third kappa shape index (κ3) is 3.31. The first kappa shape index (κ1) is 14.9. The number of hydrogen-bond donors (Lipinski definition) is 2. The molecule has 2 aromatic heterocycles. The standard InChI is InChI=1S/C12H13N5O3S/c1-6-9(11(20)17(2)3)21-12(13-6)14-10(19)7-4-5-8(18)16-15-7/h4-5H,1-3H3,(H,16,18)(H,13,14,19). The lowest BCUT2D eigenvalue weighted by atomic mass is 10.3. The van der Waals surface area contributed by atoms with Crippen LogP contribution in [-0.2, 0) is 0 Å². The van der Waals surface area contributed by atoms with Crippen molar-refractivity contribution in [1.82, 2.24) is 20.1 Å². The highest BCUT2D eigenvalue weighted by Crippen LogP contribution is 2.23. The van der Waals surface area contributed by atoms with Crippen LogP contribution in [-0.4, -0.2) is 46.0 Å². The second kappa shape index (κ2) is 5.83. The van der Waals surface area contributed by atoms with Crippen molar-refractivity contribution in [2.24, 2.45) is 0 Å². The maximum absolute atomic E-state index is 11.9. The lowest BCUT2D eigenvalue weighted by molar-refractivity contribution is 0.0831. The molecule has 2 amide bonds. The first-order valence-electron chi connectivity index (χ1n) is 5.94. The maximum atomic E-state index is 11.9. The van der Waals surface area contributed by atoms with Gasteiger partial charge in [0.05, 0.1) is 5.69 Å². The molecule has 9 heteroatoms. The van der Waals surface area contributed by atoms with Gasteiger partial charge in [0.1, 0.15) is 10.6 Å². The molecule has 0 aliphatic carbocycles. The predicted molar refractivity (Wildman–Crippen MR) is 77.7 cm³/mol. The molecule has 8 nitrogen and oxygen atoms in total. The highest BCUT2D eigenvalue weighted by molar-refractivity contribution is 7.17. The van der Waals surface area contributed by atoms with Gasteiger partial charge in [-0.15, -0.1) is 0 Å². The summed E-state index contributed by atoms with van der Waals surface area (Å²) < 4.78 is 0. The number of aromatic nitrogens is 3. The molecule has 2 heterocycles. The number of amides is 2. The number of aromatic amines is 1. The molecule has 0 bridgehead atoms. The smallest absolute Gasteiger partial charge is 0.277 e. The van der Waals surface area contributed by atoms with Crippen molar-refractivity contribution in [3.63, 3.8) is 0 Å². The van der Waals surface area contributed by atoms with Crippen LogP contribution in [0.5, 0.6) is 0 Å². The van der Waals surface area contributed by atoms with E-state index in [1.165, 1.54) is 17.0 Å². The molecule has 0 aromatic carbocycles. The summed E-state index contributed by atoms with van der Waals surface area (Å²) in [5.41, 5.74) is 0.210. The van der Waals surface area contributed by atoms with Gasteiger partial charge >= 0.3 is 0 Å². The summed E-state index contributed by atoms with van der Waals surface area (Å²) in [6.45, 7) is 1.70. The maximum Gasteiger partial charge on any atom is 0.277 e. The molecular weight excluding hydrogens is 294 g/mol. The number of thiazole rings is 1. The normalized spacial score (nSPS) is 10.2. The summed E-state index contributed by atoms with van der Waals surface area (Å²) in [4.78, 5) is 40.8. The summed E-state index contributed by atoms with van der Waals surface area (Å²) in [5, 5.41) is 8.64. The van der Waals surface area contributed by atoms with Crippen LogP contribution in [0.1, 0.15) is 25.9 Å². The highest BCUT2D eigenvalue weighted by atomic mass is 32.1. The van der Waals surface area contributed by atoms with E-state index in [9.17, 15) is 14.4 Å². The zero-order chi connectivity index (χ0) is 15.6. The monoisotopic (exact) mass is 307 g/mol. The molecule has 0 aliphatic rings. The minimum Gasteiger partial charge on any atom is -0.344 e. The fraction of sp³-hybridized carbons (Fsp3) is 0.250. The highest BCUT2D eigenvalue weighted by Gasteiger charge is 2.18. The van der Waals surface area contributed by atoms with Gasteiger partial charge in [-0.05, 0) is 13.0 Å². The molecule has 110 valence electrons.